The summed E-state index contributed by atoms with van der Waals surface area (Å²) in [7, 11) is 0. The lowest BCUT2D eigenvalue weighted by Crippen LogP contribution is -2.46. The molecule has 40 heavy (non-hydrogen) atoms. The Morgan fingerprint density at radius 1 is 0.800 bits per heavy atom. The number of carbonyl (C=O) groups excluding carboxylic acids is 3. The van der Waals surface area contributed by atoms with E-state index in [1.54, 1.807) is 36.4 Å². The van der Waals surface area contributed by atoms with Gasteiger partial charge in [0.25, 0.3) is 0 Å². The van der Waals surface area contributed by atoms with Crippen LogP contribution in [0, 0.1) is 11.8 Å². The number of hydrogen-bond donors (Lipinski definition) is 1. The number of nitrogens with one attached hydrogen (secondary N) is 1. The van der Waals surface area contributed by atoms with Crippen molar-refractivity contribution in [2.45, 2.75) is 12.1 Å². The second-order valence-electron chi connectivity index (χ2n) is 10.2. The van der Waals surface area contributed by atoms with Crippen LogP contribution in [0.15, 0.2) is 66.9 Å². The molecule has 0 spiro atoms. The molecular formula is C30H23N3O7. The molecule has 1 N–H and O–H groups in total. The molecule has 3 amide bonds. The summed E-state index contributed by atoms with van der Waals surface area (Å²) in [6.07, 6.45) is 3.74. The first-order chi connectivity index (χ1) is 19.6. The lowest BCUT2D eigenvalue weighted by Gasteiger charge is -2.35. The SMILES string of the molecule is O=C(Nc1ccc2c(c1)OCO2)[C@@H]1[C@@H]2C(=O)N(c3ccc4c(c3)OCCO4)C(=O)[C@@H]2[C@@H]2c3ccccc3C=CN12. The Balaban J connectivity index is 1.19. The maximum Gasteiger partial charge on any atom is 0.247 e. The minimum atomic E-state index is -0.913. The number of benzene rings is 3. The standard InChI is InChI=1S/C30H23N3O7/c34-28(31-17-5-7-21-22(13-17)40-15-39-21)27-25-24(26-19-4-2-1-3-16(19)9-10-32(26)27)29(35)33(30(25)36)18-6-8-20-23(14-18)38-12-11-37-20/h1-10,13-14,24-27H,11-12,15H2,(H,31,34)/t24-,25+,26-,27-/m0/s1. The van der Waals surface area contributed by atoms with Crippen LogP contribution in [0.4, 0.5) is 11.4 Å². The van der Waals surface area contributed by atoms with Crippen LogP contribution in [0.5, 0.6) is 23.0 Å². The number of anilines is 2. The molecule has 8 rings (SSSR count). The van der Waals surface area contributed by atoms with E-state index in [0.29, 0.717) is 47.6 Å². The number of rotatable bonds is 3. The Hall–Kier alpha value is -4.99. The zero-order chi connectivity index (χ0) is 27.0. The molecule has 5 heterocycles. The summed E-state index contributed by atoms with van der Waals surface area (Å²) in [5, 5.41) is 2.95. The molecule has 0 aliphatic carbocycles. The van der Waals surface area contributed by atoms with Gasteiger partial charge < -0.3 is 29.2 Å². The van der Waals surface area contributed by atoms with Crippen LogP contribution in [-0.4, -0.2) is 48.7 Å². The first-order valence-corrected chi connectivity index (χ1v) is 13.1. The van der Waals surface area contributed by atoms with Crippen molar-refractivity contribution < 1.29 is 33.3 Å². The molecule has 10 nitrogen and oxygen atoms in total. The fraction of sp³-hybridized carbons (Fsp3) is 0.233. The molecule has 0 aromatic heterocycles. The van der Waals surface area contributed by atoms with Gasteiger partial charge in [0, 0.05) is 24.0 Å². The lowest BCUT2D eigenvalue weighted by atomic mass is 9.84. The quantitative estimate of drug-likeness (QED) is 0.507. The average molecular weight is 538 g/mol. The van der Waals surface area contributed by atoms with Crippen molar-refractivity contribution in [1.82, 2.24) is 4.90 Å². The molecule has 4 atom stereocenters. The third-order valence-electron chi connectivity index (χ3n) is 8.15. The van der Waals surface area contributed by atoms with Gasteiger partial charge in [-0.05, 0) is 41.5 Å². The minimum absolute atomic E-state index is 0.116. The molecule has 0 saturated carbocycles. The fourth-order valence-electron chi connectivity index (χ4n) is 6.47. The van der Waals surface area contributed by atoms with Crippen LogP contribution in [0.3, 0.4) is 0 Å². The Labute approximate surface area is 228 Å². The number of hydrogen-bond acceptors (Lipinski definition) is 8. The van der Waals surface area contributed by atoms with E-state index >= 15 is 0 Å². The van der Waals surface area contributed by atoms with Gasteiger partial charge in [0.1, 0.15) is 19.3 Å². The van der Waals surface area contributed by atoms with Gasteiger partial charge in [-0.15, -0.1) is 0 Å². The summed E-state index contributed by atoms with van der Waals surface area (Å²) in [4.78, 5) is 45.2. The van der Waals surface area contributed by atoms with E-state index in [2.05, 4.69) is 5.32 Å². The van der Waals surface area contributed by atoms with Gasteiger partial charge in [-0.25, -0.2) is 4.90 Å². The van der Waals surface area contributed by atoms with Gasteiger partial charge in [0.15, 0.2) is 23.0 Å². The zero-order valence-electron chi connectivity index (χ0n) is 21.1. The Morgan fingerprint density at radius 3 is 2.42 bits per heavy atom. The molecule has 200 valence electrons. The molecule has 5 aliphatic rings. The highest BCUT2D eigenvalue weighted by Gasteiger charge is 2.64. The maximum absolute atomic E-state index is 14.1. The number of amides is 3. The normalized spacial score (nSPS) is 25.0. The summed E-state index contributed by atoms with van der Waals surface area (Å²) < 4.78 is 22.1. The van der Waals surface area contributed by atoms with E-state index in [0.717, 1.165) is 11.1 Å². The number of ether oxygens (including phenoxy) is 4. The Bertz CT molecular complexity index is 1640. The minimum Gasteiger partial charge on any atom is -0.486 e. The summed E-state index contributed by atoms with van der Waals surface area (Å²) in [5.74, 6) is -0.618. The van der Waals surface area contributed by atoms with Crippen molar-refractivity contribution in [3.63, 3.8) is 0 Å². The van der Waals surface area contributed by atoms with Crippen molar-refractivity contribution in [2.75, 3.05) is 30.2 Å². The fourth-order valence-corrected chi connectivity index (χ4v) is 6.47. The lowest BCUT2D eigenvalue weighted by molar-refractivity contribution is -0.128. The predicted molar refractivity (Wildman–Crippen MR) is 142 cm³/mol. The van der Waals surface area contributed by atoms with E-state index < -0.39 is 29.8 Å². The first kappa shape index (κ1) is 22.9. The highest BCUT2D eigenvalue weighted by Crippen LogP contribution is 2.53. The van der Waals surface area contributed by atoms with Crippen molar-refractivity contribution in [1.29, 1.82) is 0 Å². The molecule has 5 aliphatic heterocycles. The summed E-state index contributed by atoms with van der Waals surface area (Å²) in [6.45, 7) is 0.930. The van der Waals surface area contributed by atoms with Crippen molar-refractivity contribution in [3.8, 4) is 23.0 Å². The van der Waals surface area contributed by atoms with Crippen molar-refractivity contribution in [3.05, 3.63) is 78.0 Å². The number of imide groups is 1. The van der Waals surface area contributed by atoms with Crippen LogP contribution < -0.4 is 29.2 Å². The number of fused-ring (bicyclic) bond motifs is 7. The van der Waals surface area contributed by atoms with Crippen molar-refractivity contribution >= 4 is 35.2 Å². The molecule has 0 radical (unpaired) electrons. The molecule has 10 heteroatoms. The van der Waals surface area contributed by atoms with E-state index in [9.17, 15) is 14.4 Å². The summed E-state index contributed by atoms with van der Waals surface area (Å²) in [6, 6.07) is 16.5. The zero-order valence-corrected chi connectivity index (χ0v) is 21.1. The third-order valence-corrected chi connectivity index (χ3v) is 8.15. The summed E-state index contributed by atoms with van der Waals surface area (Å²) >= 11 is 0. The predicted octanol–water partition coefficient (Wildman–Crippen LogP) is 3.34. The Kier molecular flexibility index (Phi) is 4.88. The maximum atomic E-state index is 14.1. The van der Waals surface area contributed by atoms with Gasteiger partial charge in [-0.2, -0.15) is 0 Å². The highest BCUT2D eigenvalue weighted by atomic mass is 16.7. The van der Waals surface area contributed by atoms with E-state index in [-0.39, 0.29) is 18.6 Å². The van der Waals surface area contributed by atoms with E-state index in [1.807, 2.05) is 41.4 Å². The van der Waals surface area contributed by atoms with E-state index in [1.165, 1.54) is 4.90 Å². The smallest absolute Gasteiger partial charge is 0.247 e. The van der Waals surface area contributed by atoms with Crippen LogP contribution in [0.2, 0.25) is 0 Å². The van der Waals surface area contributed by atoms with Gasteiger partial charge >= 0.3 is 0 Å². The summed E-state index contributed by atoms with van der Waals surface area (Å²) in [5.41, 5.74) is 2.77. The van der Waals surface area contributed by atoms with E-state index in [4.69, 9.17) is 18.9 Å². The molecule has 3 aromatic carbocycles. The second-order valence-corrected chi connectivity index (χ2v) is 10.2. The molecule has 2 fully saturated rings. The molecule has 2 saturated heterocycles. The van der Waals surface area contributed by atoms with Gasteiger partial charge in [0.2, 0.25) is 24.5 Å². The van der Waals surface area contributed by atoms with Crippen LogP contribution in [0.1, 0.15) is 17.2 Å². The molecule has 0 bridgehead atoms. The van der Waals surface area contributed by atoms with Gasteiger partial charge in [-0.1, -0.05) is 24.3 Å². The number of carbonyl (C=O) groups is 3. The van der Waals surface area contributed by atoms with Crippen LogP contribution in [-0.2, 0) is 14.4 Å². The molecule has 3 aromatic rings. The Morgan fingerprint density at radius 2 is 1.52 bits per heavy atom. The highest BCUT2D eigenvalue weighted by molar-refractivity contribution is 6.24. The monoisotopic (exact) mass is 537 g/mol. The van der Waals surface area contributed by atoms with Gasteiger partial charge in [-0.3, -0.25) is 14.4 Å². The third kappa shape index (κ3) is 3.25. The largest absolute Gasteiger partial charge is 0.486 e. The van der Waals surface area contributed by atoms with Crippen LogP contribution >= 0.6 is 0 Å². The van der Waals surface area contributed by atoms with Crippen molar-refractivity contribution in [2.24, 2.45) is 11.8 Å². The first-order valence-electron chi connectivity index (χ1n) is 13.1. The number of nitrogens with zero attached hydrogens (tertiary/aromatic N) is 2. The average Bonchev–Trinajstić information content (AvgIpc) is 3.65. The molecule has 0 unspecified atom stereocenters. The topological polar surface area (TPSA) is 107 Å². The van der Waals surface area contributed by atoms with Crippen LogP contribution in [0.25, 0.3) is 6.08 Å². The van der Waals surface area contributed by atoms with Gasteiger partial charge in [0.05, 0.1) is 23.6 Å². The molecular weight excluding hydrogens is 514 g/mol. The second kappa shape index (κ2) is 8.51.